The molecule has 0 saturated heterocycles. The number of hydrogen-bond acceptors (Lipinski definition) is 2. The van der Waals surface area contributed by atoms with Crippen molar-refractivity contribution < 1.29 is 10.0 Å². The van der Waals surface area contributed by atoms with Gasteiger partial charge in [-0.1, -0.05) is 36.4 Å². The second kappa shape index (κ2) is 4.85. The third-order valence-electron chi connectivity index (χ3n) is 1.83. The highest BCUT2D eigenvalue weighted by atomic mass is 16.4. The molecule has 0 spiro atoms. The summed E-state index contributed by atoms with van der Waals surface area (Å²) in [5, 5.41) is 17.2. The van der Waals surface area contributed by atoms with Crippen LogP contribution in [0.5, 0.6) is 0 Å². The molecule has 0 atom stereocenters. The molecule has 3 heteroatoms. The van der Waals surface area contributed by atoms with Crippen molar-refractivity contribution >= 4 is 13.2 Å². The van der Waals surface area contributed by atoms with Crippen LogP contribution in [0.25, 0.3) is 6.08 Å². The summed E-state index contributed by atoms with van der Waals surface area (Å²) in [6.07, 6.45) is 3.93. The summed E-state index contributed by atoms with van der Waals surface area (Å²) in [6.45, 7) is 2.02. The quantitative estimate of drug-likeness (QED) is 0.684. The van der Waals surface area contributed by atoms with Crippen molar-refractivity contribution in [2.24, 2.45) is 0 Å². The fraction of sp³-hybridized carbons (Fsp3) is 0.200. The van der Waals surface area contributed by atoms with Crippen LogP contribution >= 0.6 is 0 Å². The Morgan fingerprint density at radius 2 is 2.00 bits per heavy atom. The van der Waals surface area contributed by atoms with Gasteiger partial charge in [0.1, 0.15) is 0 Å². The first-order chi connectivity index (χ1) is 6.20. The Morgan fingerprint density at radius 1 is 1.31 bits per heavy atom. The lowest BCUT2D eigenvalue weighted by atomic mass is 9.86. The summed E-state index contributed by atoms with van der Waals surface area (Å²) >= 11 is 0. The molecule has 0 aliphatic heterocycles. The number of benzene rings is 1. The van der Waals surface area contributed by atoms with Gasteiger partial charge in [0.2, 0.25) is 0 Å². The van der Waals surface area contributed by atoms with E-state index in [1.807, 2.05) is 37.3 Å². The van der Waals surface area contributed by atoms with Gasteiger partial charge in [-0.2, -0.15) is 0 Å². The van der Waals surface area contributed by atoms with Gasteiger partial charge in [0, 0.05) is 6.32 Å². The molecule has 0 radical (unpaired) electrons. The number of hydrogen-bond donors (Lipinski definition) is 2. The Bertz CT molecular complexity index is 295. The van der Waals surface area contributed by atoms with Crippen molar-refractivity contribution in [3.8, 4) is 0 Å². The summed E-state index contributed by atoms with van der Waals surface area (Å²) in [7, 11) is -1.25. The maximum absolute atomic E-state index is 8.60. The predicted octanol–water partition coefficient (Wildman–Crippen LogP) is 1.48. The van der Waals surface area contributed by atoms with Gasteiger partial charge >= 0.3 is 7.12 Å². The van der Waals surface area contributed by atoms with E-state index in [1.165, 1.54) is 5.56 Å². The lowest BCUT2D eigenvalue weighted by Gasteiger charge is -1.97. The highest BCUT2D eigenvalue weighted by molar-refractivity contribution is 6.41. The minimum atomic E-state index is -1.25. The molecule has 0 amide bonds. The van der Waals surface area contributed by atoms with E-state index >= 15 is 0 Å². The average molecular weight is 176 g/mol. The summed E-state index contributed by atoms with van der Waals surface area (Å²) in [4.78, 5) is 0. The van der Waals surface area contributed by atoms with Gasteiger partial charge in [0.05, 0.1) is 0 Å². The van der Waals surface area contributed by atoms with Gasteiger partial charge < -0.3 is 10.0 Å². The lowest BCUT2D eigenvalue weighted by Crippen LogP contribution is -2.07. The van der Waals surface area contributed by atoms with Crippen LogP contribution in [0.15, 0.2) is 30.3 Å². The van der Waals surface area contributed by atoms with Gasteiger partial charge in [-0.3, -0.25) is 0 Å². The molecule has 0 heterocycles. The Morgan fingerprint density at radius 3 is 2.62 bits per heavy atom. The Kier molecular flexibility index (Phi) is 3.74. The van der Waals surface area contributed by atoms with Crippen LogP contribution in [-0.2, 0) is 0 Å². The molecule has 2 N–H and O–H groups in total. The second-order valence-electron chi connectivity index (χ2n) is 2.98. The van der Waals surface area contributed by atoms with Crippen LogP contribution in [0.4, 0.5) is 0 Å². The monoisotopic (exact) mass is 176 g/mol. The zero-order valence-electron chi connectivity index (χ0n) is 7.64. The van der Waals surface area contributed by atoms with Crippen molar-refractivity contribution in [1.29, 1.82) is 0 Å². The predicted molar refractivity (Wildman–Crippen MR) is 55.2 cm³/mol. The first-order valence-electron chi connectivity index (χ1n) is 4.28. The van der Waals surface area contributed by atoms with Crippen molar-refractivity contribution in [1.82, 2.24) is 0 Å². The minimum Gasteiger partial charge on any atom is -0.427 e. The van der Waals surface area contributed by atoms with Crippen molar-refractivity contribution in [2.75, 3.05) is 0 Å². The van der Waals surface area contributed by atoms with Crippen LogP contribution in [0.2, 0.25) is 6.32 Å². The zero-order valence-corrected chi connectivity index (χ0v) is 7.64. The fourth-order valence-electron chi connectivity index (χ4n) is 1.09. The highest BCUT2D eigenvalue weighted by Crippen LogP contribution is 2.09. The molecule has 0 fully saturated rings. The Hall–Kier alpha value is -1.06. The molecule has 0 aliphatic rings. The summed E-state index contributed by atoms with van der Waals surface area (Å²) in [6, 6.07) is 7.96. The minimum absolute atomic E-state index is 0.272. The van der Waals surface area contributed by atoms with Gasteiger partial charge in [0.25, 0.3) is 0 Å². The van der Waals surface area contributed by atoms with E-state index in [0.29, 0.717) is 0 Å². The fourth-order valence-corrected chi connectivity index (χ4v) is 1.09. The zero-order chi connectivity index (χ0) is 9.68. The van der Waals surface area contributed by atoms with Gasteiger partial charge in [-0.25, -0.2) is 0 Å². The van der Waals surface area contributed by atoms with Crippen LogP contribution < -0.4 is 0 Å². The molecule has 0 bridgehead atoms. The highest BCUT2D eigenvalue weighted by Gasteiger charge is 2.01. The second-order valence-corrected chi connectivity index (χ2v) is 2.98. The van der Waals surface area contributed by atoms with Gasteiger partial charge in [-0.05, 0) is 18.1 Å². The molecule has 13 heavy (non-hydrogen) atoms. The number of allylic oxidation sites excluding steroid dienone is 1. The summed E-state index contributed by atoms with van der Waals surface area (Å²) < 4.78 is 0. The molecule has 1 rings (SSSR count). The van der Waals surface area contributed by atoms with Crippen LogP contribution in [-0.4, -0.2) is 17.2 Å². The smallest absolute Gasteiger partial charge is 0.427 e. The third-order valence-corrected chi connectivity index (χ3v) is 1.83. The standard InChI is InChI=1S/C10H13BO2/c1-9-5-2-3-6-10(9)7-4-8-11(12)13/h2-7,12-13H,8H2,1H3/b7-4-. The lowest BCUT2D eigenvalue weighted by molar-refractivity contribution is 0.411. The number of rotatable bonds is 3. The van der Waals surface area contributed by atoms with E-state index in [4.69, 9.17) is 10.0 Å². The van der Waals surface area contributed by atoms with E-state index in [-0.39, 0.29) is 6.32 Å². The maximum atomic E-state index is 8.60. The molecule has 2 nitrogen and oxygen atoms in total. The first kappa shape index (κ1) is 10.0. The molecule has 0 aromatic heterocycles. The summed E-state index contributed by atoms with van der Waals surface area (Å²) in [5.74, 6) is 0. The first-order valence-corrected chi connectivity index (χ1v) is 4.28. The topological polar surface area (TPSA) is 40.5 Å². The van der Waals surface area contributed by atoms with Gasteiger partial charge in [-0.15, -0.1) is 0 Å². The normalized spacial score (nSPS) is 10.7. The van der Waals surface area contributed by atoms with E-state index in [2.05, 4.69) is 0 Å². The van der Waals surface area contributed by atoms with Crippen LogP contribution in [0.1, 0.15) is 11.1 Å². The number of aryl methyl sites for hydroxylation is 1. The van der Waals surface area contributed by atoms with E-state index < -0.39 is 7.12 Å². The Balaban J connectivity index is 2.63. The average Bonchev–Trinajstić information content (AvgIpc) is 2.08. The molecule has 1 aromatic rings. The largest absolute Gasteiger partial charge is 0.455 e. The molecule has 0 aliphatic carbocycles. The maximum Gasteiger partial charge on any atom is 0.455 e. The van der Waals surface area contributed by atoms with Crippen molar-refractivity contribution in [3.63, 3.8) is 0 Å². The molecule has 0 unspecified atom stereocenters. The van der Waals surface area contributed by atoms with E-state index in [1.54, 1.807) is 6.08 Å². The van der Waals surface area contributed by atoms with E-state index in [0.717, 1.165) is 5.56 Å². The van der Waals surface area contributed by atoms with Crippen LogP contribution in [0, 0.1) is 6.92 Å². The van der Waals surface area contributed by atoms with Crippen LogP contribution in [0.3, 0.4) is 0 Å². The van der Waals surface area contributed by atoms with Crippen molar-refractivity contribution in [3.05, 3.63) is 41.5 Å². The SMILES string of the molecule is Cc1ccccc1/C=C\CB(O)O. The summed E-state index contributed by atoms with van der Waals surface area (Å²) in [5.41, 5.74) is 2.30. The molecule has 0 saturated carbocycles. The molecular formula is C10H13BO2. The third kappa shape index (κ3) is 3.44. The van der Waals surface area contributed by atoms with Gasteiger partial charge in [0.15, 0.2) is 0 Å². The molecule has 68 valence electrons. The molecular weight excluding hydrogens is 163 g/mol. The van der Waals surface area contributed by atoms with E-state index in [9.17, 15) is 0 Å². The Labute approximate surface area is 78.7 Å². The van der Waals surface area contributed by atoms with Crippen molar-refractivity contribution in [2.45, 2.75) is 13.2 Å². The molecule has 1 aromatic carbocycles.